The summed E-state index contributed by atoms with van der Waals surface area (Å²) in [6.45, 7) is 0. The van der Waals surface area contributed by atoms with Gasteiger partial charge in [0.25, 0.3) is 0 Å². The highest BCUT2D eigenvalue weighted by atomic mass is 32.2. The van der Waals surface area contributed by atoms with Gasteiger partial charge in [-0.25, -0.2) is 13.2 Å². The number of carbonyl (C=O) groups excluding carboxylic acids is 1. The number of rotatable bonds is 4. The largest absolute Gasteiger partial charge is 0.455 e. The number of hydrogen-bond acceptors (Lipinski definition) is 5. The van der Waals surface area contributed by atoms with Crippen LogP contribution in [0.15, 0.2) is 60.7 Å². The van der Waals surface area contributed by atoms with Crippen molar-refractivity contribution >= 4 is 21.5 Å². The molecule has 0 spiro atoms. The number of anilines is 1. The minimum absolute atomic E-state index is 0.0470. The van der Waals surface area contributed by atoms with Crippen molar-refractivity contribution in [3.05, 3.63) is 66.2 Å². The van der Waals surface area contributed by atoms with Gasteiger partial charge in [0, 0.05) is 5.69 Å². The van der Waals surface area contributed by atoms with Crippen molar-refractivity contribution in [2.45, 2.75) is 12.1 Å². The molecule has 1 fully saturated rings. The Balaban J connectivity index is 1.74. The van der Waals surface area contributed by atoms with E-state index in [0.717, 1.165) is 5.69 Å². The Bertz CT molecular complexity index is 775. The third-order valence-electron chi connectivity index (χ3n) is 3.69. The average molecular weight is 331 g/mol. The minimum atomic E-state index is -3.23. The van der Waals surface area contributed by atoms with Gasteiger partial charge in [-0.3, -0.25) is 0 Å². The van der Waals surface area contributed by atoms with E-state index >= 15 is 0 Å². The van der Waals surface area contributed by atoms with Gasteiger partial charge in [0.15, 0.2) is 9.84 Å². The van der Waals surface area contributed by atoms with E-state index in [2.05, 4.69) is 5.32 Å². The molecule has 1 aliphatic heterocycles. The van der Waals surface area contributed by atoms with Crippen molar-refractivity contribution < 1.29 is 17.9 Å². The average Bonchev–Trinajstić information content (AvgIpc) is 2.82. The standard InChI is InChI=1S/C17H17NO4S/c19-17(13-7-3-1-4-8-13)22-16-12-23(20,21)11-15(16)18-14-9-5-2-6-10-14/h1-10,15-16,18H,11-12H2/t15-,16+/m0/s1. The van der Waals surface area contributed by atoms with E-state index < -0.39 is 28.0 Å². The first-order valence-electron chi connectivity index (χ1n) is 7.31. The van der Waals surface area contributed by atoms with Gasteiger partial charge in [0.1, 0.15) is 6.10 Å². The lowest BCUT2D eigenvalue weighted by Gasteiger charge is -2.21. The molecule has 0 bridgehead atoms. The van der Waals surface area contributed by atoms with E-state index in [1.165, 1.54) is 0 Å². The molecule has 0 aromatic heterocycles. The zero-order valence-electron chi connectivity index (χ0n) is 12.4. The third-order valence-corrected chi connectivity index (χ3v) is 5.40. The number of hydrogen-bond donors (Lipinski definition) is 1. The fourth-order valence-electron chi connectivity index (χ4n) is 2.59. The van der Waals surface area contributed by atoms with Gasteiger partial charge in [-0.05, 0) is 24.3 Å². The summed E-state index contributed by atoms with van der Waals surface area (Å²) in [6, 6.07) is 17.4. The van der Waals surface area contributed by atoms with Gasteiger partial charge in [-0.15, -0.1) is 0 Å². The van der Waals surface area contributed by atoms with Gasteiger partial charge in [0.2, 0.25) is 0 Å². The molecule has 23 heavy (non-hydrogen) atoms. The second kappa shape index (κ2) is 6.42. The first kappa shape index (κ1) is 15.6. The molecule has 120 valence electrons. The molecule has 0 unspecified atom stereocenters. The van der Waals surface area contributed by atoms with Crippen LogP contribution >= 0.6 is 0 Å². The Hall–Kier alpha value is -2.34. The van der Waals surface area contributed by atoms with Crippen molar-refractivity contribution in [3.8, 4) is 0 Å². The first-order valence-corrected chi connectivity index (χ1v) is 9.14. The lowest BCUT2D eigenvalue weighted by atomic mass is 10.2. The second-order valence-corrected chi connectivity index (χ2v) is 7.66. The molecule has 2 aromatic rings. The summed E-state index contributed by atoms with van der Waals surface area (Å²) in [7, 11) is -3.23. The van der Waals surface area contributed by atoms with Gasteiger partial charge < -0.3 is 10.1 Å². The Morgan fingerprint density at radius 1 is 0.957 bits per heavy atom. The fraction of sp³-hybridized carbons (Fsp3) is 0.235. The molecule has 0 aliphatic carbocycles. The summed E-state index contributed by atoms with van der Waals surface area (Å²) in [4.78, 5) is 12.2. The van der Waals surface area contributed by atoms with Crippen LogP contribution in [-0.2, 0) is 14.6 Å². The Morgan fingerprint density at radius 2 is 1.57 bits per heavy atom. The van der Waals surface area contributed by atoms with Crippen LogP contribution in [0.25, 0.3) is 0 Å². The first-order chi connectivity index (χ1) is 11.0. The molecule has 2 aromatic carbocycles. The number of esters is 1. The topological polar surface area (TPSA) is 72.5 Å². The molecule has 0 amide bonds. The second-order valence-electron chi connectivity index (χ2n) is 5.50. The van der Waals surface area contributed by atoms with Crippen LogP contribution in [0.4, 0.5) is 5.69 Å². The highest BCUT2D eigenvalue weighted by Crippen LogP contribution is 2.21. The van der Waals surface area contributed by atoms with Crippen molar-refractivity contribution in [1.82, 2.24) is 0 Å². The smallest absolute Gasteiger partial charge is 0.338 e. The third kappa shape index (κ3) is 3.90. The molecule has 2 atom stereocenters. The van der Waals surface area contributed by atoms with E-state index in [4.69, 9.17) is 4.74 Å². The number of sulfone groups is 1. The van der Waals surface area contributed by atoms with Crippen LogP contribution in [-0.4, -0.2) is 38.0 Å². The molecular weight excluding hydrogens is 314 g/mol. The van der Waals surface area contributed by atoms with E-state index in [1.54, 1.807) is 30.3 Å². The lowest BCUT2D eigenvalue weighted by molar-refractivity contribution is 0.0337. The van der Waals surface area contributed by atoms with Crippen LogP contribution in [0.2, 0.25) is 0 Å². The lowest BCUT2D eigenvalue weighted by Crippen LogP contribution is -2.35. The number of para-hydroxylation sites is 1. The highest BCUT2D eigenvalue weighted by molar-refractivity contribution is 7.91. The molecule has 3 rings (SSSR count). The van der Waals surface area contributed by atoms with Crippen LogP contribution < -0.4 is 5.32 Å². The number of carbonyl (C=O) groups is 1. The molecular formula is C17H17NO4S. The number of nitrogens with one attached hydrogen (secondary N) is 1. The number of benzene rings is 2. The van der Waals surface area contributed by atoms with E-state index in [1.807, 2.05) is 30.3 Å². The van der Waals surface area contributed by atoms with E-state index in [-0.39, 0.29) is 11.5 Å². The summed E-state index contributed by atoms with van der Waals surface area (Å²) < 4.78 is 29.3. The zero-order valence-corrected chi connectivity index (χ0v) is 13.2. The van der Waals surface area contributed by atoms with Crippen molar-refractivity contribution in [3.63, 3.8) is 0 Å². The maximum atomic E-state index is 12.2. The molecule has 1 saturated heterocycles. The molecule has 6 heteroatoms. The maximum Gasteiger partial charge on any atom is 0.338 e. The molecule has 0 radical (unpaired) electrons. The van der Waals surface area contributed by atoms with Gasteiger partial charge >= 0.3 is 5.97 Å². The predicted octanol–water partition coefficient (Wildman–Crippen LogP) is 2.12. The van der Waals surface area contributed by atoms with E-state index in [9.17, 15) is 13.2 Å². The van der Waals surface area contributed by atoms with Gasteiger partial charge in [0.05, 0.1) is 23.1 Å². The highest BCUT2D eigenvalue weighted by Gasteiger charge is 2.40. The van der Waals surface area contributed by atoms with Crippen LogP contribution in [0.1, 0.15) is 10.4 Å². The Kier molecular flexibility index (Phi) is 4.34. The summed E-state index contributed by atoms with van der Waals surface area (Å²) in [6.07, 6.45) is -0.701. The fourth-order valence-corrected chi connectivity index (χ4v) is 4.38. The van der Waals surface area contributed by atoms with Crippen molar-refractivity contribution in [2.24, 2.45) is 0 Å². The zero-order chi connectivity index (χ0) is 16.3. The van der Waals surface area contributed by atoms with Crippen LogP contribution in [0.5, 0.6) is 0 Å². The Morgan fingerprint density at radius 3 is 2.22 bits per heavy atom. The quantitative estimate of drug-likeness (QED) is 0.869. The normalized spacial score (nSPS) is 22.4. The molecule has 0 saturated carbocycles. The summed E-state index contributed by atoms with van der Waals surface area (Å²) in [5.41, 5.74) is 1.21. The van der Waals surface area contributed by atoms with Gasteiger partial charge in [-0.2, -0.15) is 0 Å². The summed E-state index contributed by atoms with van der Waals surface area (Å²) >= 11 is 0. The molecule has 5 nitrogen and oxygen atoms in total. The molecule has 1 aliphatic rings. The van der Waals surface area contributed by atoms with Gasteiger partial charge in [-0.1, -0.05) is 36.4 Å². The molecule has 1 N–H and O–H groups in total. The maximum absolute atomic E-state index is 12.2. The molecule has 1 heterocycles. The van der Waals surface area contributed by atoms with Crippen molar-refractivity contribution in [1.29, 1.82) is 0 Å². The number of ether oxygens (including phenoxy) is 1. The predicted molar refractivity (Wildman–Crippen MR) is 88.2 cm³/mol. The van der Waals surface area contributed by atoms with E-state index in [0.29, 0.717) is 5.56 Å². The SMILES string of the molecule is O=C(O[C@@H]1CS(=O)(=O)C[C@@H]1Nc1ccccc1)c1ccccc1. The summed E-state index contributed by atoms with van der Waals surface area (Å²) in [5, 5.41) is 3.15. The van der Waals surface area contributed by atoms with Crippen molar-refractivity contribution in [2.75, 3.05) is 16.8 Å². The van der Waals surface area contributed by atoms with Crippen LogP contribution in [0, 0.1) is 0 Å². The monoisotopic (exact) mass is 331 g/mol. The summed E-state index contributed by atoms with van der Waals surface area (Å²) in [5.74, 6) is -0.711. The Labute approximate surface area is 135 Å². The minimum Gasteiger partial charge on any atom is -0.455 e. The van der Waals surface area contributed by atoms with Crippen LogP contribution in [0.3, 0.4) is 0 Å².